The number of nitro groups is 1. The van der Waals surface area contributed by atoms with E-state index in [1.54, 1.807) is 17.4 Å². The minimum atomic E-state index is -0.432. The van der Waals surface area contributed by atoms with Crippen LogP contribution in [0.4, 0.5) is 5.69 Å². The summed E-state index contributed by atoms with van der Waals surface area (Å²) in [5, 5.41) is 14.2. The number of nitrogens with zero attached hydrogens (tertiary/aromatic N) is 1. The molecule has 0 spiro atoms. The van der Waals surface area contributed by atoms with Gasteiger partial charge in [0, 0.05) is 24.0 Å². The molecule has 0 bridgehead atoms. The highest BCUT2D eigenvalue weighted by atomic mass is 79.9. The van der Waals surface area contributed by atoms with Crippen LogP contribution in [0, 0.1) is 10.1 Å². The molecule has 5 nitrogen and oxygen atoms in total. The topological polar surface area (TPSA) is 64.4 Å². The van der Waals surface area contributed by atoms with Gasteiger partial charge in [0.15, 0.2) is 5.75 Å². The van der Waals surface area contributed by atoms with Crippen LogP contribution in [0.15, 0.2) is 34.1 Å². The van der Waals surface area contributed by atoms with Gasteiger partial charge >= 0.3 is 5.69 Å². The molecule has 0 unspecified atom stereocenters. The van der Waals surface area contributed by atoms with E-state index in [1.807, 2.05) is 18.2 Å². The van der Waals surface area contributed by atoms with Gasteiger partial charge in [0.1, 0.15) is 0 Å². The first-order chi connectivity index (χ1) is 9.60. The molecule has 0 aliphatic rings. The van der Waals surface area contributed by atoms with Crippen molar-refractivity contribution in [2.75, 3.05) is 7.11 Å². The van der Waals surface area contributed by atoms with Crippen molar-refractivity contribution in [2.45, 2.75) is 13.1 Å². The Morgan fingerprint density at radius 2 is 2.15 bits per heavy atom. The van der Waals surface area contributed by atoms with Crippen LogP contribution in [0.25, 0.3) is 0 Å². The van der Waals surface area contributed by atoms with Crippen LogP contribution in [-0.2, 0) is 13.1 Å². The number of nitrogens with one attached hydrogen (secondary N) is 1. The van der Waals surface area contributed by atoms with E-state index < -0.39 is 4.92 Å². The molecule has 1 aromatic heterocycles. The maximum Gasteiger partial charge on any atom is 0.311 e. The smallest absolute Gasteiger partial charge is 0.311 e. The Bertz CT molecular complexity index is 615. The summed E-state index contributed by atoms with van der Waals surface area (Å²) in [6.07, 6.45) is 0. The average molecular weight is 357 g/mol. The second-order valence-corrected chi connectivity index (χ2v) is 6.62. The van der Waals surface area contributed by atoms with E-state index in [2.05, 4.69) is 21.2 Å². The number of nitro benzene ring substituents is 1. The average Bonchev–Trinajstić information content (AvgIpc) is 2.84. The fourth-order valence-corrected chi connectivity index (χ4v) is 3.22. The van der Waals surface area contributed by atoms with E-state index in [1.165, 1.54) is 18.1 Å². The van der Waals surface area contributed by atoms with Gasteiger partial charge < -0.3 is 10.1 Å². The van der Waals surface area contributed by atoms with Crippen LogP contribution in [0.3, 0.4) is 0 Å². The molecule has 2 rings (SSSR count). The summed E-state index contributed by atoms with van der Waals surface area (Å²) < 4.78 is 6.06. The molecule has 1 N–H and O–H groups in total. The van der Waals surface area contributed by atoms with Gasteiger partial charge in [0.05, 0.1) is 15.8 Å². The lowest BCUT2D eigenvalue weighted by molar-refractivity contribution is -0.385. The van der Waals surface area contributed by atoms with Gasteiger partial charge in [-0.15, -0.1) is 11.3 Å². The predicted octanol–water partition coefficient (Wildman–Crippen LogP) is 3.72. The van der Waals surface area contributed by atoms with Crippen LogP contribution in [0.1, 0.15) is 10.4 Å². The quantitative estimate of drug-likeness (QED) is 0.632. The molecule has 0 saturated carbocycles. The van der Waals surface area contributed by atoms with Gasteiger partial charge in [-0.25, -0.2) is 0 Å². The Morgan fingerprint density at radius 1 is 1.35 bits per heavy atom. The summed E-state index contributed by atoms with van der Waals surface area (Å²) in [6.45, 7) is 1.30. The molecule has 0 atom stereocenters. The molecule has 0 aliphatic heterocycles. The molecule has 106 valence electrons. The highest BCUT2D eigenvalue weighted by Gasteiger charge is 2.14. The minimum absolute atomic E-state index is 0.00864. The fourth-order valence-electron chi connectivity index (χ4n) is 1.76. The summed E-state index contributed by atoms with van der Waals surface area (Å²) in [6, 6.07) is 9.02. The minimum Gasteiger partial charge on any atom is -0.490 e. The van der Waals surface area contributed by atoms with Gasteiger partial charge in [-0.2, -0.15) is 0 Å². The lowest BCUT2D eigenvalue weighted by atomic mass is 10.2. The van der Waals surface area contributed by atoms with E-state index in [0.717, 1.165) is 15.9 Å². The fraction of sp³-hybridized carbons (Fsp3) is 0.231. The predicted molar refractivity (Wildman–Crippen MR) is 82.2 cm³/mol. The van der Waals surface area contributed by atoms with Gasteiger partial charge in [0.25, 0.3) is 0 Å². The molecule has 0 amide bonds. The zero-order valence-corrected chi connectivity index (χ0v) is 13.2. The van der Waals surface area contributed by atoms with Crippen molar-refractivity contribution in [1.29, 1.82) is 0 Å². The lowest BCUT2D eigenvalue weighted by Gasteiger charge is -2.06. The van der Waals surface area contributed by atoms with E-state index in [0.29, 0.717) is 6.54 Å². The summed E-state index contributed by atoms with van der Waals surface area (Å²) in [4.78, 5) is 11.7. The highest BCUT2D eigenvalue weighted by Crippen LogP contribution is 2.27. The van der Waals surface area contributed by atoms with Crippen LogP contribution in [0.5, 0.6) is 5.75 Å². The number of hydrogen-bond donors (Lipinski definition) is 1. The van der Waals surface area contributed by atoms with Crippen molar-refractivity contribution >= 4 is 33.0 Å². The number of benzene rings is 1. The van der Waals surface area contributed by atoms with Gasteiger partial charge in [0.2, 0.25) is 0 Å². The largest absolute Gasteiger partial charge is 0.490 e. The zero-order chi connectivity index (χ0) is 14.5. The Kier molecular flexibility index (Phi) is 5.11. The third-order valence-corrected chi connectivity index (χ3v) is 4.32. The van der Waals surface area contributed by atoms with Crippen LogP contribution < -0.4 is 10.1 Å². The van der Waals surface area contributed by atoms with Crippen molar-refractivity contribution < 1.29 is 9.66 Å². The van der Waals surface area contributed by atoms with E-state index in [9.17, 15) is 10.1 Å². The van der Waals surface area contributed by atoms with E-state index in [4.69, 9.17) is 4.74 Å². The van der Waals surface area contributed by atoms with Crippen molar-refractivity contribution in [2.24, 2.45) is 0 Å². The molecular formula is C13H13BrN2O3S. The van der Waals surface area contributed by atoms with Crippen LogP contribution >= 0.6 is 27.3 Å². The summed E-state index contributed by atoms with van der Waals surface area (Å²) >= 11 is 5.08. The molecule has 20 heavy (non-hydrogen) atoms. The first kappa shape index (κ1) is 15.0. The zero-order valence-electron chi connectivity index (χ0n) is 10.8. The second kappa shape index (κ2) is 6.83. The molecular weight excluding hydrogens is 344 g/mol. The number of hydrogen-bond acceptors (Lipinski definition) is 5. The molecule has 0 aliphatic carbocycles. The SMILES string of the molecule is COc1ccc(CNCc2ccc(Br)s2)cc1[N+](=O)[O-]. The second-order valence-electron chi connectivity index (χ2n) is 4.07. The van der Waals surface area contributed by atoms with Crippen molar-refractivity contribution in [1.82, 2.24) is 5.32 Å². The van der Waals surface area contributed by atoms with Gasteiger partial charge in [-0.3, -0.25) is 10.1 Å². The third kappa shape index (κ3) is 3.78. The number of rotatable bonds is 6. The lowest BCUT2D eigenvalue weighted by Crippen LogP contribution is -2.12. The Labute approximate surface area is 128 Å². The summed E-state index contributed by atoms with van der Waals surface area (Å²) in [7, 11) is 1.43. The summed E-state index contributed by atoms with van der Waals surface area (Å²) in [5.74, 6) is 0.279. The molecule has 1 aromatic carbocycles. The molecule has 0 saturated heterocycles. The standard InChI is InChI=1S/C13H13BrN2O3S/c1-19-12-4-2-9(6-11(12)16(17)18)7-15-8-10-3-5-13(14)20-10/h2-6,15H,7-8H2,1H3. The Hall–Kier alpha value is -1.44. The molecule has 7 heteroatoms. The molecule has 0 radical (unpaired) electrons. The monoisotopic (exact) mass is 356 g/mol. The number of ether oxygens (including phenoxy) is 1. The maximum absolute atomic E-state index is 10.9. The Morgan fingerprint density at radius 3 is 2.75 bits per heavy atom. The summed E-state index contributed by atoms with van der Waals surface area (Å²) in [5.41, 5.74) is 0.846. The number of halogens is 1. The van der Waals surface area contributed by atoms with Crippen LogP contribution in [-0.4, -0.2) is 12.0 Å². The molecule has 0 fully saturated rings. The van der Waals surface area contributed by atoms with Crippen molar-refractivity contribution in [3.8, 4) is 5.75 Å². The normalized spacial score (nSPS) is 10.5. The maximum atomic E-state index is 10.9. The van der Waals surface area contributed by atoms with Crippen molar-refractivity contribution in [3.05, 3.63) is 54.7 Å². The number of methoxy groups -OCH3 is 1. The highest BCUT2D eigenvalue weighted by molar-refractivity contribution is 9.11. The van der Waals surface area contributed by atoms with Crippen molar-refractivity contribution in [3.63, 3.8) is 0 Å². The van der Waals surface area contributed by atoms with Gasteiger partial charge in [-0.1, -0.05) is 6.07 Å². The molecule has 1 heterocycles. The van der Waals surface area contributed by atoms with Crippen LogP contribution in [0.2, 0.25) is 0 Å². The van der Waals surface area contributed by atoms with Gasteiger partial charge in [-0.05, 0) is 39.7 Å². The first-order valence-corrected chi connectivity index (χ1v) is 7.47. The Balaban J connectivity index is 1.99. The molecule has 2 aromatic rings. The van der Waals surface area contributed by atoms with E-state index >= 15 is 0 Å². The first-order valence-electron chi connectivity index (χ1n) is 5.86. The third-order valence-electron chi connectivity index (χ3n) is 2.70. The van der Waals surface area contributed by atoms with E-state index in [-0.39, 0.29) is 11.4 Å². The number of thiophene rings is 1.